The second-order valence-electron chi connectivity index (χ2n) is 6.26. The van der Waals surface area contributed by atoms with Crippen molar-refractivity contribution in [1.82, 2.24) is 0 Å². The Hall–Kier alpha value is -1.15. The highest BCUT2D eigenvalue weighted by molar-refractivity contribution is 6.06. The molecule has 1 aromatic rings. The molecule has 1 saturated carbocycles. The molecule has 0 aliphatic heterocycles. The van der Waals surface area contributed by atoms with E-state index in [4.69, 9.17) is 5.73 Å². The van der Waals surface area contributed by atoms with Gasteiger partial charge in [-0.25, -0.2) is 0 Å². The van der Waals surface area contributed by atoms with Crippen molar-refractivity contribution in [2.45, 2.75) is 51.5 Å². The Labute approximate surface area is 103 Å². The van der Waals surface area contributed by atoms with E-state index in [0.717, 1.165) is 24.0 Å². The SMILES string of the molecule is Cc1ccc(C(C)(C)C)cc1C(=O)C1(N)CC1. The summed E-state index contributed by atoms with van der Waals surface area (Å²) < 4.78 is 0. The molecule has 0 radical (unpaired) electrons. The number of Topliss-reactive ketones (excluding diaryl/α,β-unsaturated/α-hetero) is 1. The van der Waals surface area contributed by atoms with Gasteiger partial charge in [0.05, 0.1) is 5.54 Å². The predicted molar refractivity (Wildman–Crippen MR) is 70.4 cm³/mol. The van der Waals surface area contributed by atoms with Crippen LogP contribution in [0.4, 0.5) is 0 Å². The highest BCUT2D eigenvalue weighted by Gasteiger charge is 2.46. The fourth-order valence-electron chi connectivity index (χ4n) is 1.96. The van der Waals surface area contributed by atoms with E-state index in [1.165, 1.54) is 5.56 Å². The molecule has 0 amide bonds. The van der Waals surface area contributed by atoms with Gasteiger partial charge in [-0.2, -0.15) is 0 Å². The first kappa shape index (κ1) is 12.3. The van der Waals surface area contributed by atoms with Gasteiger partial charge in [0.15, 0.2) is 5.78 Å². The van der Waals surface area contributed by atoms with Crippen LogP contribution in [0.2, 0.25) is 0 Å². The summed E-state index contributed by atoms with van der Waals surface area (Å²) in [5.74, 6) is 0.112. The summed E-state index contributed by atoms with van der Waals surface area (Å²) in [6.45, 7) is 8.44. The second kappa shape index (κ2) is 3.67. The molecule has 0 heterocycles. The lowest BCUT2D eigenvalue weighted by Gasteiger charge is -2.21. The molecule has 2 heteroatoms. The number of rotatable bonds is 2. The molecule has 2 nitrogen and oxygen atoms in total. The molecule has 0 unspecified atom stereocenters. The third kappa shape index (κ3) is 2.27. The van der Waals surface area contributed by atoms with Crippen molar-refractivity contribution >= 4 is 5.78 Å². The maximum Gasteiger partial charge on any atom is 0.182 e. The van der Waals surface area contributed by atoms with E-state index in [-0.39, 0.29) is 11.2 Å². The summed E-state index contributed by atoms with van der Waals surface area (Å²) in [7, 11) is 0. The lowest BCUT2D eigenvalue weighted by molar-refractivity contribution is 0.0948. The quantitative estimate of drug-likeness (QED) is 0.795. The van der Waals surface area contributed by atoms with Crippen LogP contribution in [0.3, 0.4) is 0 Å². The summed E-state index contributed by atoms with van der Waals surface area (Å²) >= 11 is 0. The van der Waals surface area contributed by atoms with Crippen LogP contribution in [-0.2, 0) is 5.41 Å². The van der Waals surface area contributed by atoms with Gasteiger partial charge in [-0.15, -0.1) is 0 Å². The van der Waals surface area contributed by atoms with Gasteiger partial charge in [0.1, 0.15) is 0 Å². The second-order valence-corrected chi connectivity index (χ2v) is 6.26. The lowest BCUT2D eigenvalue weighted by Crippen LogP contribution is -2.33. The highest BCUT2D eigenvalue weighted by atomic mass is 16.1. The maximum absolute atomic E-state index is 12.3. The lowest BCUT2D eigenvalue weighted by atomic mass is 9.84. The van der Waals surface area contributed by atoms with E-state index >= 15 is 0 Å². The monoisotopic (exact) mass is 231 g/mol. The minimum absolute atomic E-state index is 0.0635. The molecule has 1 fully saturated rings. The van der Waals surface area contributed by atoms with Gasteiger partial charge in [0, 0.05) is 5.56 Å². The smallest absolute Gasteiger partial charge is 0.182 e. The van der Waals surface area contributed by atoms with Crippen molar-refractivity contribution in [3.05, 3.63) is 34.9 Å². The zero-order valence-corrected chi connectivity index (χ0v) is 11.1. The van der Waals surface area contributed by atoms with Crippen LogP contribution >= 0.6 is 0 Å². The van der Waals surface area contributed by atoms with E-state index in [1.807, 2.05) is 19.1 Å². The summed E-state index contributed by atoms with van der Waals surface area (Å²) in [5, 5.41) is 0. The third-order valence-corrected chi connectivity index (χ3v) is 3.59. The molecule has 0 bridgehead atoms. The van der Waals surface area contributed by atoms with E-state index in [2.05, 4.69) is 26.8 Å². The number of aryl methyl sites for hydroxylation is 1. The summed E-state index contributed by atoms with van der Waals surface area (Å²) in [6.07, 6.45) is 1.65. The number of nitrogens with two attached hydrogens (primary N) is 1. The van der Waals surface area contributed by atoms with Crippen molar-refractivity contribution in [2.75, 3.05) is 0 Å². The molecule has 0 aromatic heterocycles. The van der Waals surface area contributed by atoms with Gasteiger partial charge in [0.25, 0.3) is 0 Å². The molecule has 1 aromatic carbocycles. The summed E-state index contributed by atoms with van der Waals surface area (Å²) in [6, 6.07) is 6.15. The van der Waals surface area contributed by atoms with Gasteiger partial charge >= 0.3 is 0 Å². The zero-order chi connectivity index (χ0) is 12.8. The topological polar surface area (TPSA) is 43.1 Å². The van der Waals surface area contributed by atoms with Gasteiger partial charge < -0.3 is 5.73 Å². The third-order valence-electron chi connectivity index (χ3n) is 3.59. The molecule has 0 atom stereocenters. The minimum Gasteiger partial charge on any atom is -0.319 e. The Bertz CT molecular complexity index is 464. The summed E-state index contributed by atoms with van der Waals surface area (Å²) in [5.41, 5.74) is 8.52. The van der Waals surface area contributed by atoms with Gasteiger partial charge in [-0.1, -0.05) is 32.9 Å². The molecule has 0 saturated heterocycles. The van der Waals surface area contributed by atoms with E-state index in [0.29, 0.717) is 0 Å². The van der Waals surface area contributed by atoms with E-state index in [9.17, 15) is 4.79 Å². The van der Waals surface area contributed by atoms with Crippen molar-refractivity contribution in [3.63, 3.8) is 0 Å². The zero-order valence-electron chi connectivity index (χ0n) is 11.1. The van der Waals surface area contributed by atoms with Crippen LogP contribution in [0.1, 0.15) is 55.1 Å². The minimum atomic E-state index is -0.568. The van der Waals surface area contributed by atoms with Crippen LogP contribution in [0.5, 0.6) is 0 Å². The Morgan fingerprint density at radius 1 is 1.29 bits per heavy atom. The first-order valence-electron chi connectivity index (χ1n) is 6.19. The molecule has 2 N–H and O–H groups in total. The Morgan fingerprint density at radius 3 is 2.35 bits per heavy atom. The normalized spacial score (nSPS) is 17.9. The van der Waals surface area contributed by atoms with Crippen molar-refractivity contribution in [2.24, 2.45) is 5.73 Å². The number of hydrogen-bond acceptors (Lipinski definition) is 2. The molecule has 1 aliphatic carbocycles. The largest absolute Gasteiger partial charge is 0.319 e. The van der Waals surface area contributed by atoms with Crippen molar-refractivity contribution < 1.29 is 4.79 Å². The number of carbonyl (C=O) groups excluding carboxylic acids is 1. The average Bonchev–Trinajstić information content (AvgIpc) is 2.96. The molecule has 17 heavy (non-hydrogen) atoms. The highest BCUT2D eigenvalue weighted by Crippen LogP contribution is 2.37. The molecule has 92 valence electrons. The standard InChI is InChI=1S/C15H21NO/c1-10-5-6-11(14(2,3)4)9-12(10)13(17)15(16)7-8-15/h5-6,9H,7-8,16H2,1-4H3. The van der Waals surface area contributed by atoms with Crippen LogP contribution in [-0.4, -0.2) is 11.3 Å². The van der Waals surface area contributed by atoms with Crippen LogP contribution < -0.4 is 5.73 Å². The van der Waals surface area contributed by atoms with Crippen LogP contribution in [0, 0.1) is 6.92 Å². The number of carbonyl (C=O) groups is 1. The molecule has 0 spiro atoms. The van der Waals surface area contributed by atoms with Gasteiger partial charge in [0.2, 0.25) is 0 Å². The average molecular weight is 231 g/mol. The Balaban J connectivity index is 2.43. The number of hydrogen-bond donors (Lipinski definition) is 1. The van der Waals surface area contributed by atoms with Crippen LogP contribution in [0.25, 0.3) is 0 Å². The molecule has 2 rings (SSSR count). The van der Waals surface area contributed by atoms with E-state index < -0.39 is 5.54 Å². The first-order valence-corrected chi connectivity index (χ1v) is 6.19. The number of benzene rings is 1. The Kier molecular flexibility index (Phi) is 2.66. The van der Waals surface area contributed by atoms with Gasteiger partial charge in [-0.3, -0.25) is 4.79 Å². The maximum atomic E-state index is 12.3. The summed E-state index contributed by atoms with van der Waals surface area (Å²) in [4.78, 5) is 12.3. The fraction of sp³-hybridized carbons (Fsp3) is 0.533. The van der Waals surface area contributed by atoms with Crippen LogP contribution in [0.15, 0.2) is 18.2 Å². The van der Waals surface area contributed by atoms with Crippen molar-refractivity contribution in [1.29, 1.82) is 0 Å². The first-order chi connectivity index (χ1) is 7.74. The van der Waals surface area contributed by atoms with E-state index in [1.54, 1.807) is 0 Å². The molecule has 1 aliphatic rings. The molecular formula is C15H21NO. The predicted octanol–water partition coefficient (Wildman–Crippen LogP) is 2.97. The number of ketones is 1. The van der Waals surface area contributed by atoms with Gasteiger partial charge in [-0.05, 0) is 42.4 Å². The fourth-order valence-corrected chi connectivity index (χ4v) is 1.96. The Morgan fingerprint density at radius 2 is 1.88 bits per heavy atom. The van der Waals surface area contributed by atoms with Crippen molar-refractivity contribution in [3.8, 4) is 0 Å². The molecular weight excluding hydrogens is 210 g/mol.